The molecule has 0 aliphatic rings. The lowest BCUT2D eigenvalue weighted by atomic mass is 10.1. The standard InChI is InChI=1S/C11H20N4O/c1-3-9(6-8-16)14-10-5-7-13-11(15-10)12-4-2/h5,7,9,16H,3-4,6,8H2,1-2H3,(H2,12,13,14,15). The highest BCUT2D eigenvalue weighted by Crippen LogP contribution is 2.10. The van der Waals surface area contributed by atoms with Gasteiger partial charge in [0, 0.05) is 25.4 Å². The summed E-state index contributed by atoms with van der Waals surface area (Å²) in [7, 11) is 0. The van der Waals surface area contributed by atoms with Crippen LogP contribution in [0.25, 0.3) is 0 Å². The van der Waals surface area contributed by atoms with Gasteiger partial charge in [-0.1, -0.05) is 6.92 Å². The molecule has 16 heavy (non-hydrogen) atoms. The highest BCUT2D eigenvalue weighted by atomic mass is 16.3. The Morgan fingerprint density at radius 1 is 1.44 bits per heavy atom. The lowest BCUT2D eigenvalue weighted by molar-refractivity contribution is 0.278. The van der Waals surface area contributed by atoms with Crippen molar-refractivity contribution in [3.05, 3.63) is 12.3 Å². The first-order valence-electron chi connectivity index (χ1n) is 5.74. The van der Waals surface area contributed by atoms with Crippen LogP contribution in [0.4, 0.5) is 11.8 Å². The van der Waals surface area contributed by atoms with Gasteiger partial charge in [-0.05, 0) is 25.8 Å². The maximum Gasteiger partial charge on any atom is 0.224 e. The van der Waals surface area contributed by atoms with E-state index in [-0.39, 0.29) is 12.6 Å². The number of aliphatic hydroxyl groups is 1. The highest BCUT2D eigenvalue weighted by molar-refractivity contribution is 5.40. The molecule has 0 aliphatic carbocycles. The van der Waals surface area contributed by atoms with Crippen LogP contribution in [0.1, 0.15) is 26.7 Å². The maximum absolute atomic E-state index is 8.90. The molecule has 3 N–H and O–H groups in total. The smallest absolute Gasteiger partial charge is 0.224 e. The molecule has 1 atom stereocenters. The van der Waals surface area contributed by atoms with Crippen molar-refractivity contribution in [2.45, 2.75) is 32.7 Å². The monoisotopic (exact) mass is 224 g/mol. The van der Waals surface area contributed by atoms with Gasteiger partial charge in [0.1, 0.15) is 5.82 Å². The fraction of sp³-hybridized carbons (Fsp3) is 0.636. The molecule has 1 heterocycles. The normalized spacial score (nSPS) is 12.2. The van der Waals surface area contributed by atoms with E-state index in [0.29, 0.717) is 5.95 Å². The molecule has 0 aliphatic heterocycles. The van der Waals surface area contributed by atoms with E-state index in [1.165, 1.54) is 0 Å². The summed E-state index contributed by atoms with van der Waals surface area (Å²) in [6.07, 6.45) is 3.41. The van der Waals surface area contributed by atoms with Gasteiger partial charge in [0.2, 0.25) is 5.95 Å². The summed E-state index contributed by atoms with van der Waals surface area (Å²) in [6.45, 7) is 5.08. The Kier molecular flexibility index (Phi) is 5.56. The van der Waals surface area contributed by atoms with Gasteiger partial charge < -0.3 is 15.7 Å². The van der Waals surface area contributed by atoms with Gasteiger partial charge in [0.15, 0.2) is 0 Å². The van der Waals surface area contributed by atoms with Crippen LogP contribution in [0.15, 0.2) is 12.3 Å². The second kappa shape index (κ2) is 7.00. The van der Waals surface area contributed by atoms with Crippen molar-refractivity contribution >= 4 is 11.8 Å². The van der Waals surface area contributed by atoms with E-state index in [1.54, 1.807) is 6.20 Å². The van der Waals surface area contributed by atoms with Crippen LogP contribution in [-0.2, 0) is 0 Å². The third kappa shape index (κ3) is 4.02. The van der Waals surface area contributed by atoms with Crippen LogP contribution in [0, 0.1) is 0 Å². The predicted molar refractivity (Wildman–Crippen MR) is 65.6 cm³/mol. The minimum atomic E-state index is 0.191. The molecule has 0 amide bonds. The van der Waals surface area contributed by atoms with Crippen molar-refractivity contribution in [2.24, 2.45) is 0 Å². The van der Waals surface area contributed by atoms with Crippen molar-refractivity contribution in [2.75, 3.05) is 23.8 Å². The number of nitrogens with one attached hydrogen (secondary N) is 2. The molecule has 0 saturated heterocycles. The van der Waals surface area contributed by atoms with E-state index in [4.69, 9.17) is 5.11 Å². The Morgan fingerprint density at radius 2 is 2.25 bits per heavy atom. The molecule has 90 valence electrons. The molecule has 0 bridgehead atoms. The Bertz CT molecular complexity index is 306. The molecule has 0 fully saturated rings. The summed E-state index contributed by atoms with van der Waals surface area (Å²) in [6, 6.07) is 2.09. The molecule has 0 spiro atoms. The van der Waals surface area contributed by atoms with Crippen LogP contribution in [0.5, 0.6) is 0 Å². The fourth-order valence-corrected chi connectivity index (χ4v) is 1.43. The molecule has 1 unspecified atom stereocenters. The summed E-state index contributed by atoms with van der Waals surface area (Å²) in [5.74, 6) is 1.43. The van der Waals surface area contributed by atoms with Gasteiger partial charge in [0.05, 0.1) is 0 Å². The van der Waals surface area contributed by atoms with Gasteiger partial charge >= 0.3 is 0 Å². The molecule has 1 aromatic rings. The minimum Gasteiger partial charge on any atom is -0.396 e. The Morgan fingerprint density at radius 3 is 2.88 bits per heavy atom. The van der Waals surface area contributed by atoms with Crippen LogP contribution >= 0.6 is 0 Å². The molecule has 0 aromatic carbocycles. The summed E-state index contributed by atoms with van der Waals surface area (Å²) >= 11 is 0. The highest BCUT2D eigenvalue weighted by Gasteiger charge is 2.06. The van der Waals surface area contributed by atoms with Gasteiger partial charge in [-0.3, -0.25) is 0 Å². The SMILES string of the molecule is CCNc1nccc(NC(CC)CCO)n1. The lowest BCUT2D eigenvalue weighted by Crippen LogP contribution is -2.20. The second-order valence-electron chi connectivity index (χ2n) is 3.56. The molecule has 5 nitrogen and oxygen atoms in total. The maximum atomic E-state index is 8.90. The van der Waals surface area contributed by atoms with E-state index in [1.807, 2.05) is 13.0 Å². The molecular weight excluding hydrogens is 204 g/mol. The molecule has 1 rings (SSSR count). The van der Waals surface area contributed by atoms with Crippen molar-refractivity contribution in [1.29, 1.82) is 0 Å². The molecule has 0 saturated carbocycles. The first-order chi connectivity index (χ1) is 7.80. The van der Waals surface area contributed by atoms with Gasteiger partial charge in [-0.15, -0.1) is 0 Å². The van der Waals surface area contributed by atoms with Crippen molar-refractivity contribution in [3.8, 4) is 0 Å². The largest absolute Gasteiger partial charge is 0.396 e. The van der Waals surface area contributed by atoms with E-state index in [2.05, 4.69) is 27.5 Å². The van der Waals surface area contributed by atoms with Gasteiger partial charge in [0.25, 0.3) is 0 Å². The summed E-state index contributed by atoms with van der Waals surface area (Å²) in [4.78, 5) is 8.41. The predicted octanol–water partition coefficient (Wildman–Crippen LogP) is 1.48. The molecular formula is C11H20N4O. The average molecular weight is 224 g/mol. The Hall–Kier alpha value is -1.36. The van der Waals surface area contributed by atoms with E-state index >= 15 is 0 Å². The van der Waals surface area contributed by atoms with Crippen LogP contribution in [0.3, 0.4) is 0 Å². The quantitative estimate of drug-likeness (QED) is 0.654. The van der Waals surface area contributed by atoms with Crippen LogP contribution in [0.2, 0.25) is 0 Å². The van der Waals surface area contributed by atoms with Crippen molar-refractivity contribution in [1.82, 2.24) is 9.97 Å². The molecule has 5 heteroatoms. The van der Waals surface area contributed by atoms with Crippen molar-refractivity contribution < 1.29 is 5.11 Å². The van der Waals surface area contributed by atoms with Crippen molar-refractivity contribution in [3.63, 3.8) is 0 Å². The number of aliphatic hydroxyl groups excluding tert-OH is 1. The Labute approximate surface area is 96.3 Å². The number of rotatable bonds is 7. The third-order valence-electron chi connectivity index (χ3n) is 2.31. The first kappa shape index (κ1) is 12.7. The zero-order valence-corrected chi connectivity index (χ0v) is 9.90. The van der Waals surface area contributed by atoms with Gasteiger partial charge in [-0.2, -0.15) is 4.98 Å². The average Bonchev–Trinajstić information content (AvgIpc) is 2.29. The number of hydrogen-bond donors (Lipinski definition) is 3. The number of anilines is 2. The fourth-order valence-electron chi connectivity index (χ4n) is 1.43. The molecule has 1 aromatic heterocycles. The van der Waals surface area contributed by atoms with E-state index in [0.717, 1.165) is 25.2 Å². The minimum absolute atomic E-state index is 0.191. The van der Waals surface area contributed by atoms with E-state index in [9.17, 15) is 0 Å². The zero-order valence-electron chi connectivity index (χ0n) is 9.90. The first-order valence-corrected chi connectivity index (χ1v) is 5.74. The van der Waals surface area contributed by atoms with Crippen LogP contribution in [-0.4, -0.2) is 34.3 Å². The Balaban J connectivity index is 2.60. The summed E-state index contributed by atoms with van der Waals surface area (Å²) in [5.41, 5.74) is 0. The third-order valence-corrected chi connectivity index (χ3v) is 2.31. The zero-order chi connectivity index (χ0) is 11.8. The van der Waals surface area contributed by atoms with E-state index < -0.39 is 0 Å². The summed E-state index contributed by atoms with van der Waals surface area (Å²) < 4.78 is 0. The number of aromatic nitrogens is 2. The lowest BCUT2D eigenvalue weighted by Gasteiger charge is -2.16. The van der Waals surface area contributed by atoms with Gasteiger partial charge in [-0.25, -0.2) is 4.98 Å². The summed E-state index contributed by atoms with van der Waals surface area (Å²) in [5, 5.41) is 15.2. The second-order valence-corrected chi connectivity index (χ2v) is 3.56. The number of nitrogens with zero attached hydrogens (tertiary/aromatic N) is 2. The molecule has 0 radical (unpaired) electrons. The van der Waals surface area contributed by atoms with Crippen LogP contribution < -0.4 is 10.6 Å². The topological polar surface area (TPSA) is 70.1 Å². The number of hydrogen-bond acceptors (Lipinski definition) is 5.